The third-order valence-corrected chi connectivity index (χ3v) is 5.55. The number of ether oxygens (including phenoxy) is 3. The lowest BCUT2D eigenvalue weighted by molar-refractivity contribution is -0.154. The number of hydrogen-bond donors (Lipinski definition) is 1. The molecule has 31 heavy (non-hydrogen) atoms. The summed E-state index contributed by atoms with van der Waals surface area (Å²) in [6, 6.07) is 6.71. The van der Waals surface area contributed by atoms with Crippen LogP contribution < -0.4 is 10.1 Å². The number of carbonyl (C=O) groups is 3. The highest BCUT2D eigenvalue weighted by Crippen LogP contribution is 2.24. The second kappa shape index (κ2) is 10.1. The van der Waals surface area contributed by atoms with Crippen LogP contribution in [0.3, 0.4) is 0 Å². The van der Waals surface area contributed by atoms with Gasteiger partial charge in [0.2, 0.25) is 5.91 Å². The molecule has 2 heterocycles. The Labute approximate surface area is 183 Å². The van der Waals surface area contributed by atoms with Crippen molar-refractivity contribution in [2.75, 3.05) is 32.9 Å². The molecule has 1 aromatic carbocycles. The molecule has 0 unspecified atom stereocenters. The molecular weight excluding hydrogens is 400 g/mol. The Kier molecular flexibility index (Phi) is 7.54. The number of esters is 1. The summed E-state index contributed by atoms with van der Waals surface area (Å²) in [6.07, 6.45) is 1.54. The number of carbonyl (C=O) groups excluding carboxylic acids is 3. The first-order valence-electron chi connectivity index (χ1n) is 10.8. The lowest BCUT2D eigenvalue weighted by atomic mass is 9.87. The summed E-state index contributed by atoms with van der Waals surface area (Å²) < 4.78 is 16.3. The molecule has 8 heteroatoms. The van der Waals surface area contributed by atoms with E-state index in [9.17, 15) is 14.4 Å². The SMILES string of the molecule is CC(C)(C)c1ccc(OCC(=O)N2CCNC(=O)[C@@H]2CC(=O)OC[C@H]2CCCO2)cc1. The second-order valence-corrected chi connectivity index (χ2v) is 8.98. The van der Waals surface area contributed by atoms with E-state index in [1.807, 2.05) is 24.3 Å². The predicted octanol–water partition coefficient (Wildman–Crippen LogP) is 1.80. The van der Waals surface area contributed by atoms with Gasteiger partial charge in [0, 0.05) is 19.7 Å². The average molecular weight is 433 g/mol. The Bertz CT molecular complexity index is 780. The zero-order chi connectivity index (χ0) is 22.4. The van der Waals surface area contributed by atoms with Gasteiger partial charge in [-0.05, 0) is 36.0 Å². The van der Waals surface area contributed by atoms with Gasteiger partial charge in [-0.25, -0.2) is 0 Å². The van der Waals surface area contributed by atoms with Crippen LogP contribution in [0.25, 0.3) is 0 Å². The van der Waals surface area contributed by atoms with Crippen LogP contribution in [0.15, 0.2) is 24.3 Å². The molecule has 1 N–H and O–H groups in total. The number of hydrogen-bond acceptors (Lipinski definition) is 6. The number of nitrogens with one attached hydrogen (secondary N) is 1. The molecule has 2 saturated heterocycles. The van der Waals surface area contributed by atoms with Crippen molar-refractivity contribution in [3.8, 4) is 5.75 Å². The van der Waals surface area contributed by atoms with Gasteiger partial charge in [-0.3, -0.25) is 14.4 Å². The van der Waals surface area contributed by atoms with Gasteiger partial charge >= 0.3 is 5.97 Å². The molecule has 170 valence electrons. The normalized spacial score (nSPS) is 21.5. The Balaban J connectivity index is 1.53. The van der Waals surface area contributed by atoms with Crippen LogP contribution in [0, 0.1) is 0 Å². The van der Waals surface area contributed by atoms with Crippen LogP contribution in [0.1, 0.15) is 45.6 Å². The minimum atomic E-state index is -0.898. The van der Waals surface area contributed by atoms with Crippen molar-refractivity contribution >= 4 is 17.8 Å². The maximum Gasteiger partial charge on any atom is 0.308 e. The van der Waals surface area contributed by atoms with Crippen molar-refractivity contribution in [2.24, 2.45) is 0 Å². The maximum atomic E-state index is 12.8. The molecule has 2 aliphatic rings. The first-order chi connectivity index (χ1) is 14.7. The molecular formula is C23H32N2O6. The monoisotopic (exact) mass is 432 g/mol. The van der Waals surface area contributed by atoms with Crippen molar-refractivity contribution < 1.29 is 28.6 Å². The third kappa shape index (κ3) is 6.43. The number of benzene rings is 1. The third-order valence-electron chi connectivity index (χ3n) is 5.55. The standard InChI is InChI=1S/C23H32N2O6/c1-23(2,3)16-6-8-17(9-7-16)30-15-20(26)25-11-10-24-22(28)19(25)13-21(27)31-14-18-5-4-12-29-18/h6-9,18-19H,4-5,10-15H2,1-3H3,(H,24,28)/t18-,19+/m1/s1. The van der Waals surface area contributed by atoms with Gasteiger partial charge in [-0.1, -0.05) is 32.9 Å². The summed E-state index contributed by atoms with van der Waals surface area (Å²) in [6.45, 7) is 7.68. The van der Waals surface area contributed by atoms with Gasteiger partial charge in [0.15, 0.2) is 6.61 Å². The molecule has 2 aliphatic heterocycles. The van der Waals surface area contributed by atoms with Gasteiger partial charge in [0.25, 0.3) is 5.91 Å². The number of amides is 2. The number of nitrogens with zero attached hydrogens (tertiary/aromatic N) is 1. The largest absolute Gasteiger partial charge is 0.484 e. The van der Waals surface area contributed by atoms with E-state index in [1.165, 1.54) is 10.5 Å². The molecule has 0 radical (unpaired) electrons. The topological polar surface area (TPSA) is 94.2 Å². The quantitative estimate of drug-likeness (QED) is 0.661. The summed E-state index contributed by atoms with van der Waals surface area (Å²) in [5, 5.41) is 2.71. The molecule has 2 amide bonds. The molecule has 1 aromatic rings. The van der Waals surface area contributed by atoms with E-state index in [1.54, 1.807) is 0 Å². The fourth-order valence-electron chi connectivity index (χ4n) is 3.67. The zero-order valence-corrected chi connectivity index (χ0v) is 18.5. The van der Waals surface area contributed by atoms with Crippen LogP contribution >= 0.6 is 0 Å². The van der Waals surface area contributed by atoms with Crippen LogP contribution in [-0.2, 0) is 29.3 Å². The first-order valence-corrected chi connectivity index (χ1v) is 10.8. The zero-order valence-electron chi connectivity index (χ0n) is 18.5. The van der Waals surface area contributed by atoms with E-state index in [0.29, 0.717) is 25.4 Å². The summed E-state index contributed by atoms with van der Waals surface area (Å²) >= 11 is 0. The van der Waals surface area contributed by atoms with E-state index in [2.05, 4.69) is 26.1 Å². The molecule has 8 nitrogen and oxygen atoms in total. The Morgan fingerprint density at radius 1 is 1.23 bits per heavy atom. The van der Waals surface area contributed by atoms with Gasteiger partial charge < -0.3 is 24.4 Å². The van der Waals surface area contributed by atoms with Crippen molar-refractivity contribution in [1.29, 1.82) is 0 Å². The molecule has 0 spiro atoms. The van der Waals surface area contributed by atoms with Crippen LogP contribution in [-0.4, -0.2) is 67.7 Å². The van der Waals surface area contributed by atoms with Gasteiger partial charge in [-0.2, -0.15) is 0 Å². The van der Waals surface area contributed by atoms with E-state index >= 15 is 0 Å². The Morgan fingerprint density at radius 3 is 2.61 bits per heavy atom. The summed E-state index contributed by atoms with van der Waals surface area (Å²) in [5.74, 6) is -0.640. The van der Waals surface area contributed by atoms with Crippen molar-refractivity contribution in [2.45, 2.75) is 57.6 Å². The van der Waals surface area contributed by atoms with Crippen molar-refractivity contribution in [3.63, 3.8) is 0 Å². The van der Waals surface area contributed by atoms with E-state index < -0.39 is 12.0 Å². The number of rotatable bonds is 7. The van der Waals surface area contributed by atoms with Crippen molar-refractivity contribution in [3.05, 3.63) is 29.8 Å². The van der Waals surface area contributed by atoms with Crippen LogP contribution in [0.4, 0.5) is 0 Å². The second-order valence-electron chi connectivity index (χ2n) is 8.98. The highest BCUT2D eigenvalue weighted by molar-refractivity contribution is 5.92. The smallest absolute Gasteiger partial charge is 0.308 e. The molecule has 2 fully saturated rings. The van der Waals surface area contributed by atoms with E-state index in [0.717, 1.165) is 12.8 Å². The Morgan fingerprint density at radius 2 is 1.97 bits per heavy atom. The van der Waals surface area contributed by atoms with Gasteiger partial charge in [0.05, 0.1) is 12.5 Å². The molecule has 0 bridgehead atoms. The fourth-order valence-corrected chi connectivity index (χ4v) is 3.67. The lowest BCUT2D eigenvalue weighted by Crippen LogP contribution is -2.58. The average Bonchev–Trinajstić information content (AvgIpc) is 3.25. The van der Waals surface area contributed by atoms with Crippen molar-refractivity contribution in [1.82, 2.24) is 10.2 Å². The minimum Gasteiger partial charge on any atom is -0.484 e. The predicted molar refractivity (Wildman–Crippen MR) is 114 cm³/mol. The molecule has 2 atom stereocenters. The molecule has 0 saturated carbocycles. The van der Waals surface area contributed by atoms with E-state index in [4.69, 9.17) is 14.2 Å². The maximum absolute atomic E-state index is 12.8. The van der Waals surface area contributed by atoms with Crippen LogP contribution in [0.5, 0.6) is 5.75 Å². The Hall–Kier alpha value is -2.61. The summed E-state index contributed by atoms with van der Waals surface area (Å²) in [5.41, 5.74) is 1.20. The fraction of sp³-hybridized carbons (Fsp3) is 0.609. The molecule has 3 rings (SSSR count). The van der Waals surface area contributed by atoms with E-state index in [-0.39, 0.29) is 43.0 Å². The highest BCUT2D eigenvalue weighted by atomic mass is 16.6. The molecule has 0 aromatic heterocycles. The van der Waals surface area contributed by atoms with Gasteiger partial charge in [0.1, 0.15) is 18.4 Å². The minimum absolute atomic E-state index is 0.0290. The van der Waals surface area contributed by atoms with Gasteiger partial charge in [-0.15, -0.1) is 0 Å². The molecule has 0 aliphatic carbocycles. The first kappa shape index (κ1) is 23.1. The number of piperazine rings is 1. The summed E-state index contributed by atoms with van der Waals surface area (Å²) in [7, 11) is 0. The highest BCUT2D eigenvalue weighted by Gasteiger charge is 2.35. The van der Waals surface area contributed by atoms with Crippen LogP contribution in [0.2, 0.25) is 0 Å². The summed E-state index contributed by atoms with van der Waals surface area (Å²) in [4.78, 5) is 38.7. The lowest BCUT2D eigenvalue weighted by Gasteiger charge is -2.34.